The number of carbonyl (C=O) groups excluding carboxylic acids is 2. The summed E-state index contributed by atoms with van der Waals surface area (Å²) in [6.45, 7) is 3.55. The second-order valence-electron chi connectivity index (χ2n) is 6.84. The molecule has 1 saturated carbocycles. The Labute approximate surface area is 128 Å². The first-order valence-corrected chi connectivity index (χ1v) is 8.25. The Morgan fingerprint density at radius 1 is 1.10 bits per heavy atom. The fraction of sp³-hybridized carbons (Fsp3) is 0.875. The topological polar surface area (TPSA) is 52.7 Å². The lowest BCUT2D eigenvalue weighted by molar-refractivity contribution is -0.127. The number of nitrogens with zero attached hydrogens (tertiary/aromatic N) is 2. The van der Waals surface area contributed by atoms with Crippen LogP contribution >= 0.6 is 0 Å². The molecule has 0 spiro atoms. The summed E-state index contributed by atoms with van der Waals surface area (Å²) in [6, 6.07) is 0.338. The van der Waals surface area contributed by atoms with Gasteiger partial charge in [0.2, 0.25) is 5.91 Å². The summed E-state index contributed by atoms with van der Waals surface area (Å²) in [5.74, 6) is 0.674. The van der Waals surface area contributed by atoms with Crippen LogP contribution in [-0.2, 0) is 4.79 Å². The Morgan fingerprint density at radius 3 is 2.48 bits per heavy atom. The first-order valence-electron chi connectivity index (χ1n) is 8.25. The minimum Gasteiger partial charge on any atom is -0.353 e. The van der Waals surface area contributed by atoms with Gasteiger partial charge in [0.05, 0.1) is 5.92 Å². The third-order valence-electron chi connectivity index (χ3n) is 4.88. The highest BCUT2D eigenvalue weighted by Crippen LogP contribution is 2.25. The lowest BCUT2D eigenvalue weighted by Crippen LogP contribution is -2.51. The summed E-state index contributed by atoms with van der Waals surface area (Å²) in [7, 11) is 3.52. The van der Waals surface area contributed by atoms with E-state index in [0.717, 1.165) is 25.8 Å². The quantitative estimate of drug-likeness (QED) is 0.848. The number of nitrogens with one attached hydrogen (secondary N) is 1. The van der Waals surface area contributed by atoms with Crippen molar-refractivity contribution in [2.24, 2.45) is 11.8 Å². The molecule has 1 heterocycles. The van der Waals surface area contributed by atoms with Crippen LogP contribution < -0.4 is 5.32 Å². The van der Waals surface area contributed by atoms with Crippen LogP contribution in [0.25, 0.3) is 0 Å². The fourth-order valence-electron chi connectivity index (χ4n) is 3.48. The Balaban J connectivity index is 1.88. The van der Waals surface area contributed by atoms with Gasteiger partial charge in [0.25, 0.3) is 0 Å². The van der Waals surface area contributed by atoms with Gasteiger partial charge < -0.3 is 15.1 Å². The molecule has 0 radical (unpaired) electrons. The first kappa shape index (κ1) is 16.1. The lowest BCUT2D eigenvalue weighted by atomic mass is 9.85. The summed E-state index contributed by atoms with van der Waals surface area (Å²) in [5.41, 5.74) is 0. The van der Waals surface area contributed by atoms with E-state index >= 15 is 0 Å². The van der Waals surface area contributed by atoms with Gasteiger partial charge in [-0.2, -0.15) is 0 Å². The van der Waals surface area contributed by atoms with Crippen molar-refractivity contribution in [1.29, 1.82) is 0 Å². The number of piperidine rings is 1. The second-order valence-corrected chi connectivity index (χ2v) is 6.84. The van der Waals surface area contributed by atoms with Crippen LogP contribution in [0, 0.1) is 11.8 Å². The Bertz CT molecular complexity index is 384. The van der Waals surface area contributed by atoms with E-state index < -0.39 is 0 Å². The van der Waals surface area contributed by atoms with Gasteiger partial charge in [-0.3, -0.25) is 4.79 Å². The molecule has 5 nitrogen and oxygen atoms in total. The molecule has 2 fully saturated rings. The molecule has 0 aromatic heterocycles. The minimum absolute atomic E-state index is 0.0125. The normalized spacial score (nSPS) is 29.9. The average Bonchev–Trinajstić information content (AvgIpc) is 2.48. The van der Waals surface area contributed by atoms with Crippen LogP contribution in [0.3, 0.4) is 0 Å². The number of urea groups is 1. The number of likely N-dealkylation sites (tertiary alicyclic amines) is 1. The van der Waals surface area contributed by atoms with E-state index in [9.17, 15) is 9.59 Å². The van der Waals surface area contributed by atoms with E-state index in [0.29, 0.717) is 18.5 Å². The SMILES string of the molecule is CC1CCCCC1NC(=O)C1CCCN(C(=O)N(C)C)C1. The fourth-order valence-corrected chi connectivity index (χ4v) is 3.48. The van der Waals surface area contributed by atoms with Gasteiger partial charge in [-0.25, -0.2) is 4.79 Å². The zero-order valence-electron chi connectivity index (χ0n) is 13.6. The molecule has 2 aliphatic rings. The largest absolute Gasteiger partial charge is 0.353 e. The number of hydrogen-bond acceptors (Lipinski definition) is 2. The van der Waals surface area contributed by atoms with Crippen LogP contribution in [0.15, 0.2) is 0 Å². The highest BCUT2D eigenvalue weighted by atomic mass is 16.2. The third kappa shape index (κ3) is 4.11. The molecule has 120 valence electrons. The highest BCUT2D eigenvalue weighted by molar-refractivity contribution is 5.81. The summed E-state index contributed by atoms with van der Waals surface area (Å²) in [6.07, 6.45) is 6.61. The second kappa shape index (κ2) is 7.14. The molecule has 1 aliphatic heterocycles. The number of carbonyl (C=O) groups is 2. The molecule has 2 rings (SSSR count). The lowest BCUT2D eigenvalue weighted by Gasteiger charge is -2.36. The molecule has 0 aromatic carbocycles. The Hall–Kier alpha value is -1.26. The van der Waals surface area contributed by atoms with Crippen molar-refractivity contribution in [2.45, 2.75) is 51.5 Å². The van der Waals surface area contributed by atoms with Gasteiger partial charge >= 0.3 is 6.03 Å². The molecule has 3 unspecified atom stereocenters. The van der Waals surface area contributed by atoms with Gasteiger partial charge in [-0.05, 0) is 31.6 Å². The van der Waals surface area contributed by atoms with Gasteiger partial charge in [0.15, 0.2) is 0 Å². The van der Waals surface area contributed by atoms with Gasteiger partial charge in [0, 0.05) is 33.2 Å². The van der Waals surface area contributed by atoms with Crippen molar-refractivity contribution in [3.8, 4) is 0 Å². The van der Waals surface area contributed by atoms with Crippen LogP contribution in [0.2, 0.25) is 0 Å². The molecule has 1 N–H and O–H groups in total. The smallest absolute Gasteiger partial charge is 0.319 e. The average molecular weight is 295 g/mol. The zero-order chi connectivity index (χ0) is 15.4. The predicted octanol–water partition coefficient (Wildman–Crippen LogP) is 2.07. The van der Waals surface area contributed by atoms with Gasteiger partial charge in [-0.1, -0.05) is 19.8 Å². The van der Waals surface area contributed by atoms with Crippen molar-refractivity contribution < 1.29 is 9.59 Å². The number of hydrogen-bond donors (Lipinski definition) is 1. The molecule has 3 amide bonds. The summed E-state index contributed by atoms with van der Waals surface area (Å²) in [4.78, 5) is 27.9. The molecule has 1 saturated heterocycles. The molecule has 21 heavy (non-hydrogen) atoms. The Kier molecular flexibility index (Phi) is 5.48. The maximum atomic E-state index is 12.5. The monoisotopic (exact) mass is 295 g/mol. The molecule has 3 atom stereocenters. The van der Waals surface area contributed by atoms with Crippen molar-refractivity contribution in [3.05, 3.63) is 0 Å². The third-order valence-corrected chi connectivity index (χ3v) is 4.88. The highest BCUT2D eigenvalue weighted by Gasteiger charge is 2.31. The maximum Gasteiger partial charge on any atom is 0.319 e. The standard InChI is InChI=1S/C16H29N3O2/c1-12-7-4-5-9-14(12)17-15(20)13-8-6-10-19(11-13)16(21)18(2)3/h12-14H,4-11H2,1-3H3,(H,17,20). The van der Waals surface area contributed by atoms with E-state index in [4.69, 9.17) is 0 Å². The summed E-state index contributed by atoms with van der Waals surface area (Å²) in [5, 5.41) is 3.24. The van der Waals surface area contributed by atoms with Crippen LogP contribution in [-0.4, -0.2) is 55.0 Å². The maximum absolute atomic E-state index is 12.5. The van der Waals surface area contributed by atoms with E-state index in [2.05, 4.69) is 12.2 Å². The first-order chi connectivity index (χ1) is 9.99. The molecule has 0 aromatic rings. The minimum atomic E-state index is -0.0447. The van der Waals surface area contributed by atoms with Crippen LogP contribution in [0.4, 0.5) is 4.79 Å². The van der Waals surface area contributed by atoms with Crippen molar-refractivity contribution in [3.63, 3.8) is 0 Å². The number of rotatable bonds is 2. The molecular weight excluding hydrogens is 266 g/mol. The molecule has 5 heteroatoms. The molecular formula is C16H29N3O2. The summed E-state index contributed by atoms with van der Waals surface area (Å²) >= 11 is 0. The number of amides is 3. The van der Waals surface area contributed by atoms with Gasteiger partial charge in [0.1, 0.15) is 0 Å². The van der Waals surface area contributed by atoms with E-state index in [1.165, 1.54) is 19.3 Å². The van der Waals surface area contributed by atoms with Crippen molar-refractivity contribution >= 4 is 11.9 Å². The van der Waals surface area contributed by atoms with Crippen LogP contribution in [0.1, 0.15) is 45.4 Å². The van der Waals surface area contributed by atoms with Crippen LogP contribution in [0.5, 0.6) is 0 Å². The summed E-state index contributed by atoms with van der Waals surface area (Å²) < 4.78 is 0. The predicted molar refractivity (Wildman–Crippen MR) is 82.9 cm³/mol. The van der Waals surface area contributed by atoms with Crippen molar-refractivity contribution in [1.82, 2.24) is 15.1 Å². The van der Waals surface area contributed by atoms with E-state index in [1.54, 1.807) is 23.9 Å². The van der Waals surface area contributed by atoms with E-state index in [-0.39, 0.29) is 17.9 Å². The Morgan fingerprint density at radius 2 is 1.81 bits per heavy atom. The van der Waals surface area contributed by atoms with Crippen molar-refractivity contribution in [2.75, 3.05) is 27.2 Å². The molecule has 1 aliphatic carbocycles. The zero-order valence-corrected chi connectivity index (χ0v) is 13.6. The molecule has 0 bridgehead atoms. The van der Waals surface area contributed by atoms with Gasteiger partial charge in [-0.15, -0.1) is 0 Å². The van der Waals surface area contributed by atoms with E-state index in [1.807, 2.05) is 0 Å².